The number of aromatic nitrogens is 1. The van der Waals surface area contributed by atoms with Crippen LogP contribution in [0.3, 0.4) is 0 Å². The molecule has 3 N–H and O–H groups in total. The zero-order chi connectivity index (χ0) is 20.7. The van der Waals surface area contributed by atoms with Crippen LogP contribution in [0.5, 0.6) is 5.75 Å². The molecule has 1 aromatic heterocycles. The number of nitrogens with two attached hydrogens (primary N) is 1. The lowest BCUT2D eigenvalue weighted by atomic mass is 10.1. The molecule has 2 amide bonds. The molecule has 1 aliphatic heterocycles. The number of halogens is 2. The maximum atomic E-state index is 13.1. The average Bonchev–Trinajstić information content (AvgIpc) is 2.59. The van der Waals surface area contributed by atoms with Crippen LogP contribution in [0.1, 0.15) is 36.7 Å². The van der Waals surface area contributed by atoms with E-state index in [-0.39, 0.29) is 31.1 Å². The van der Waals surface area contributed by atoms with Crippen molar-refractivity contribution in [2.75, 3.05) is 38.3 Å². The van der Waals surface area contributed by atoms with Crippen molar-refractivity contribution < 1.29 is 27.8 Å². The first-order chi connectivity index (χ1) is 13.3. The molecule has 0 unspecified atom stereocenters. The van der Waals surface area contributed by atoms with Crippen molar-refractivity contribution in [1.29, 1.82) is 0 Å². The van der Waals surface area contributed by atoms with Gasteiger partial charge in [0.05, 0.1) is 31.6 Å². The van der Waals surface area contributed by atoms with Crippen LogP contribution >= 0.6 is 0 Å². The summed E-state index contributed by atoms with van der Waals surface area (Å²) in [5.41, 5.74) is 5.69. The summed E-state index contributed by atoms with van der Waals surface area (Å²) in [4.78, 5) is 29.4. The lowest BCUT2D eigenvalue weighted by Gasteiger charge is -2.40. The summed E-state index contributed by atoms with van der Waals surface area (Å²) in [6.07, 6.45) is 2.71. The van der Waals surface area contributed by atoms with Gasteiger partial charge in [0.2, 0.25) is 5.91 Å². The van der Waals surface area contributed by atoms with Gasteiger partial charge in [-0.1, -0.05) is 13.3 Å². The van der Waals surface area contributed by atoms with Crippen LogP contribution in [0.25, 0.3) is 0 Å². The molecule has 0 bridgehead atoms. The van der Waals surface area contributed by atoms with Gasteiger partial charge in [0, 0.05) is 25.6 Å². The summed E-state index contributed by atoms with van der Waals surface area (Å²) in [6.45, 7) is 1.56. The molecule has 0 spiro atoms. The number of carbonyl (C=O) groups excluding carboxylic acids is 2. The van der Waals surface area contributed by atoms with Gasteiger partial charge in [-0.3, -0.25) is 9.59 Å². The van der Waals surface area contributed by atoms with Gasteiger partial charge in [-0.15, -0.1) is 0 Å². The predicted octanol–water partition coefficient (Wildman–Crippen LogP) is 1.34. The molecule has 1 aromatic rings. The molecule has 0 aliphatic carbocycles. The number of amides is 2. The van der Waals surface area contributed by atoms with Crippen molar-refractivity contribution in [2.24, 2.45) is 5.73 Å². The third-order valence-corrected chi connectivity index (χ3v) is 4.23. The number of nitrogens with one attached hydrogen (secondary N) is 1. The summed E-state index contributed by atoms with van der Waals surface area (Å²) >= 11 is 0. The number of rotatable bonds is 11. The molecule has 0 saturated carbocycles. The number of nitrogens with zero attached hydrogens (tertiary/aromatic N) is 2. The first-order valence-electron chi connectivity index (χ1n) is 9.09. The molecule has 2 rings (SSSR count). The molecule has 156 valence electrons. The number of alkyl halides is 2. The Kier molecular flexibility index (Phi) is 7.50. The van der Waals surface area contributed by atoms with Crippen LogP contribution in [0.2, 0.25) is 0 Å². The topological polar surface area (TPSA) is 107 Å². The summed E-state index contributed by atoms with van der Waals surface area (Å²) in [7, 11) is 1.51. The monoisotopic (exact) mass is 400 g/mol. The average molecular weight is 400 g/mol. The smallest absolute Gasteiger partial charge is 0.282 e. The van der Waals surface area contributed by atoms with Crippen LogP contribution in [-0.4, -0.2) is 62.2 Å². The Bertz CT molecular complexity index is 694. The molecule has 10 heteroatoms. The molecule has 1 atom stereocenters. The van der Waals surface area contributed by atoms with Gasteiger partial charge in [0.15, 0.2) is 11.4 Å². The highest BCUT2D eigenvalue weighted by atomic mass is 19.3. The number of ether oxygens (including phenoxy) is 2. The zero-order valence-electron chi connectivity index (χ0n) is 16.0. The van der Waals surface area contributed by atoms with E-state index in [1.165, 1.54) is 24.3 Å². The zero-order valence-corrected chi connectivity index (χ0v) is 16.0. The van der Waals surface area contributed by atoms with Crippen LogP contribution in [-0.2, 0) is 9.53 Å². The fourth-order valence-corrected chi connectivity index (χ4v) is 2.89. The van der Waals surface area contributed by atoms with Gasteiger partial charge in [-0.25, -0.2) is 13.8 Å². The van der Waals surface area contributed by atoms with E-state index in [0.29, 0.717) is 12.1 Å². The lowest BCUT2D eigenvalue weighted by molar-refractivity contribution is -0.118. The molecule has 1 saturated heterocycles. The quantitative estimate of drug-likeness (QED) is 0.543. The Labute approximate surface area is 162 Å². The van der Waals surface area contributed by atoms with Gasteiger partial charge < -0.3 is 25.4 Å². The second-order valence-corrected chi connectivity index (χ2v) is 6.72. The number of hydrogen-bond donors (Lipinski definition) is 2. The maximum absolute atomic E-state index is 13.1. The van der Waals surface area contributed by atoms with Gasteiger partial charge in [-0.05, 0) is 6.42 Å². The molecule has 1 aliphatic rings. The molecular formula is C18H26F2N4O4. The van der Waals surface area contributed by atoms with E-state index in [0.717, 1.165) is 6.42 Å². The second-order valence-electron chi connectivity index (χ2n) is 6.72. The number of anilines is 1. The largest absolute Gasteiger partial charge is 0.489 e. The number of hydrogen-bond acceptors (Lipinski definition) is 6. The highest BCUT2D eigenvalue weighted by molar-refractivity contribution is 5.95. The number of carbonyl (C=O) groups is 2. The van der Waals surface area contributed by atoms with Gasteiger partial charge >= 0.3 is 0 Å². The SMILES string of the molecule is CCC[C@@H](CC(N)=O)NC(=O)c1ncc(N2CC(F)(F)C2)cc1OCCOC. The minimum absolute atomic E-state index is 0.0118. The van der Waals surface area contributed by atoms with Gasteiger partial charge in [-0.2, -0.15) is 0 Å². The fourth-order valence-electron chi connectivity index (χ4n) is 2.89. The molecule has 28 heavy (non-hydrogen) atoms. The van der Waals surface area contributed by atoms with Crippen molar-refractivity contribution >= 4 is 17.5 Å². The van der Waals surface area contributed by atoms with E-state index < -0.39 is 36.9 Å². The van der Waals surface area contributed by atoms with Gasteiger partial charge in [0.25, 0.3) is 11.8 Å². The molecule has 2 heterocycles. The predicted molar refractivity (Wildman–Crippen MR) is 98.7 cm³/mol. The minimum Gasteiger partial charge on any atom is -0.489 e. The first-order valence-corrected chi connectivity index (χ1v) is 9.09. The maximum Gasteiger partial charge on any atom is 0.282 e. The molecule has 8 nitrogen and oxygen atoms in total. The number of primary amides is 1. The highest BCUT2D eigenvalue weighted by Gasteiger charge is 2.44. The van der Waals surface area contributed by atoms with Crippen LogP contribution < -0.4 is 20.7 Å². The van der Waals surface area contributed by atoms with Crippen molar-refractivity contribution in [3.8, 4) is 5.75 Å². The third kappa shape index (κ3) is 6.01. The highest BCUT2D eigenvalue weighted by Crippen LogP contribution is 2.33. The standard InChI is InChI=1S/C18H26F2N4O4/c1-3-4-12(7-15(21)25)23-17(26)16-14(28-6-5-27-2)8-13(9-22-16)24-10-18(19,20)11-24/h8-9,12H,3-7,10-11H2,1-2H3,(H2,21,25)(H,23,26)/t12-/m0/s1. The van der Waals surface area contributed by atoms with Crippen LogP contribution in [0.15, 0.2) is 12.3 Å². The van der Waals surface area contributed by atoms with E-state index in [4.69, 9.17) is 15.2 Å². The summed E-state index contributed by atoms with van der Waals surface area (Å²) in [5, 5.41) is 2.74. The van der Waals surface area contributed by atoms with Gasteiger partial charge in [0.1, 0.15) is 6.61 Å². The fraction of sp³-hybridized carbons (Fsp3) is 0.611. The van der Waals surface area contributed by atoms with Crippen molar-refractivity contribution in [1.82, 2.24) is 10.3 Å². The normalized spacial score (nSPS) is 16.2. The number of pyridine rings is 1. The summed E-state index contributed by atoms with van der Waals surface area (Å²) in [5.74, 6) is -3.60. The van der Waals surface area contributed by atoms with Crippen molar-refractivity contribution in [2.45, 2.75) is 38.2 Å². The van der Waals surface area contributed by atoms with E-state index in [1.807, 2.05) is 6.92 Å². The van der Waals surface area contributed by atoms with E-state index in [1.54, 1.807) is 0 Å². The number of methoxy groups -OCH3 is 1. The Hall–Kier alpha value is -2.49. The van der Waals surface area contributed by atoms with E-state index in [9.17, 15) is 18.4 Å². The molecule has 0 radical (unpaired) electrons. The lowest BCUT2D eigenvalue weighted by Crippen LogP contribution is -2.56. The van der Waals surface area contributed by atoms with E-state index >= 15 is 0 Å². The third-order valence-electron chi connectivity index (χ3n) is 4.23. The van der Waals surface area contributed by atoms with Crippen molar-refractivity contribution in [3.63, 3.8) is 0 Å². The Morgan fingerprint density at radius 3 is 2.68 bits per heavy atom. The summed E-state index contributed by atoms with van der Waals surface area (Å²) in [6, 6.07) is 1.09. The second kappa shape index (κ2) is 9.63. The van der Waals surface area contributed by atoms with Crippen molar-refractivity contribution in [3.05, 3.63) is 18.0 Å². The Morgan fingerprint density at radius 2 is 2.11 bits per heavy atom. The molecule has 1 fully saturated rings. The molecule has 0 aromatic carbocycles. The minimum atomic E-state index is -2.73. The summed E-state index contributed by atoms with van der Waals surface area (Å²) < 4.78 is 36.8. The Morgan fingerprint density at radius 1 is 1.39 bits per heavy atom. The first kappa shape index (κ1) is 21.8. The van der Waals surface area contributed by atoms with Crippen LogP contribution in [0, 0.1) is 0 Å². The molecular weight excluding hydrogens is 374 g/mol. The van der Waals surface area contributed by atoms with E-state index in [2.05, 4.69) is 10.3 Å². The van der Waals surface area contributed by atoms with Crippen LogP contribution in [0.4, 0.5) is 14.5 Å². The Balaban J connectivity index is 2.17.